The van der Waals surface area contributed by atoms with Crippen LogP contribution in [0.2, 0.25) is 0 Å². The largest absolute Gasteiger partial charge is 0.418 e. The van der Waals surface area contributed by atoms with E-state index < -0.39 is 39.6 Å². The van der Waals surface area contributed by atoms with Crippen molar-refractivity contribution in [1.82, 2.24) is 34.6 Å². The Bertz CT molecular complexity index is 2200. The first-order chi connectivity index (χ1) is 25.4. The highest BCUT2D eigenvalue weighted by Crippen LogP contribution is 2.40. The summed E-state index contributed by atoms with van der Waals surface area (Å²) in [6.45, 7) is 2.11. The van der Waals surface area contributed by atoms with Crippen LogP contribution < -0.4 is 21.6 Å². The summed E-state index contributed by atoms with van der Waals surface area (Å²) in [4.78, 5) is 57.7. The molecule has 17 heteroatoms. The minimum Gasteiger partial charge on any atom is -0.398 e. The Morgan fingerprint density at radius 1 is 1.00 bits per heavy atom. The number of amides is 3. The number of alkyl halides is 5. The molecule has 4 N–H and O–H groups in total. The molecule has 0 spiro atoms. The second-order valence-corrected chi connectivity index (χ2v) is 14.3. The Balaban J connectivity index is 1.10. The predicted octanol–water partition coefficient (Wildman–Crippen LogP) is 5.58. The molecule has 2 aliphatic rings. The predicted molar refractivity (Wildman–Crippen MR) is 200 cm³/mol. The van der Waals surface area contributed by atoms with Crippen molar-refractivity contribution in [2.24, 2.45) is 0 Å². The average molecular weight is 846 g/mol. The molecule has 0 aliphatic carbocycles. The number of aromatic amines is 1. The number of piperidine rings is 1. The topological polar surface area (TPSA) is 145 Å². The summed E-state index contributed by atoms with van der Waals surface area (Å²) in [5.74, 6) is -0.467. The number of para-hydroxylation sites is 1. The Labute approximate surface area is 314 Å². The molecule has 7 rings (SSSR count). The molecule has 12 nitrogen and oxygen atoms in total. The lowest BCUT2D eigenvalue weighted by Crippen LogP contribution is -2.57. The van der Waals surface area contributed by atoms with Gasteiger partial charge in [0.2, 0.25) is 5.91 Å². The summed E-state index contributed by atoms with van der Waals surface area (Å²) in [5.41, 5.74) is 6.24. The lowest BCUT2D eigenvalue weighted by Gasteiger charge is -2.38. The van der Waals surface area contributed by atoms with Crippen LogP contribution in [0.1, 0.15) is 39.8 Å². The van der Waals surface area contributed by atoms with E-state index in [1.165, 1.54) is 33.6 Å². The highest BCUT2D eigenvalue weighted by molar-refractivity contribution is 14.1. The number of pyridine rings is 2. The quantitative estimate of drug-likeness (QED) is 0.0840. The van der Waals surface area contributed by atoms with Crippen LogP contribution in [0.15, 0.2) is 71.9 Å². The number of imidazole rings is 1. The minimum atomic E-state index is -4.87. The molecule has 2 aliphatic heterocycles. The number of hydrogen-bond acceptors (Lipinski definition) is 7. The number of likely N-dealkylation sites (tertiary alicyclic amines) is 1. The van der Waals surface area contributed by atoms with Crippen molar-refractivity contribution in [3.05, 3.63) is 94.3 Å². The molecule has 2 fully saturated rings. The third kappa shape index (κ3) is 7.48. The van der Waals surface area contributed by atoms with Crippen LogP contribution >= 0.6 is 22.6 Å². The number of anilines is 2. The van der Waals surface area contributed by atoms with Crippen molar-refractivity contribution in [2.45, 2.75) is 41.7 Å². The lowest BCUT2D eigenvalue weighted by molar-refractivity contribution is -0.137. The van der Waals surface area contributed by atoms with E-state index in [4.69, 9.17) is 5.73 Å². The van der Waals surface area contributed by atoms with Gasteiger partial charge in [0.05, 0.1) is 34.0 Å². The van der Waals surface area contributed by atoms with Crippen molar-refractivity contribution in [1.29, 1.82) is 0 Å². The molecule has 0 saturated carbocycles. The number of benzene rings is 2. The van der Waals surface area contributed by atoms with Crippen molar-refractivity contribution in [2.75, 3.05) is 49.9 Å². The Hall–Kier alpha value is -4.94. The summed E-state index contributed by atoms with van der Waals surface area (Å²) >= 11 is 1.35. The smallest absolute Gasteiger partial charge is 0.398 e. The monoisotopic (exact) mass is 845 g/mol. The molecule has 53 heavy (non-hydrogen) atoms. The highest BCUT2D eigenvalue weighted by Gasteiger charge is 2.37. The first-order valence-corrected chi connectivity index (χ1v) is 18.4. The van der Waals surface area contributed by atoms with Gasteiger partial charge in [0.15, 0.2) is 4.18 Å². The van der Waals surface area contributed by atoms with Gasteiger partial charge in [-0.3, -0.25) is 19.3 Å². The number of nitrogens with one attached hydrogen (secondary N) is 2. The number of carbonyl (C=O) groups excluding carboxylic acids is 2. The van der Waals surface area contributed by atoms with Crippen LogP contribution in [0.3, 0.4) is 0 Å². The second kappa shape index (κ2) is 14.8. The third-order valence-electron chi connectivity index (χ3n) is 10.0. The number of piperazine rings is 1. The van der Waals surface area contributed by atoms with Crippen molar-refractivity contribution < 1.29 is 27.2 Å². The summed E-state index contributed by atoms with van der Waals surface area (Å²) in [7, 11) is 0. The van der Waals surface area contributed by atoms with E-state index >= 15 is 0 Å². The van der Waals surface area contributed by atoms with Crippen LogP contribution in [-0.2, 0) is 17.4 Å². The summed E-state index contributed by atoms with van der Waals surface area (Å²) in [6, 6.07) is 11.2. The van der Waals surface area contributed by atoms with Crippen LogP contribution in [0.25, 0.3) is 21.9 Å². The van der Waals surface area contributed by atoms with Crippen LogP contribution in [-0.4, -0.2) is 86.6 Å². The average Bonchev–Trinajstić information content (AvgIpc) is 3.50. The molecule has 2 aromatic carbocycles. The molecular weight excluding hydrogens is 809 g/mol. The number of halogens is 5. The molecule has 1 unspecified atom stereocenters. The van der Waals surface area contributed by atoms with Gasteiger partial charge in [-0.25, -0.2) is 14.0 Å². The third-order valence-corrected chi connectivity index (χ3v) is 10.7. The van der Waals surface area contributed by atoms with Gasteiger partial charge in [-0.1, -0.05) is 18.2 Å². The number of hydrogen-bond donors (Lipinski definition) is 3. The van der Waals surface area contributed by atoms with E-state index in [9.17, 15) is 31.9 Å². The molecular formula is C36H36F4IN9O3. The van der Waals surface area contributed by atoms with Gasteiger partial charge in [-0.05, 0) is 71.3 Å². The number of aromatic nitrogens is 4. The van der Waals surface area contributed by atoms with E-state index in [1.807, 2.05) is 36.4 Å². The zero-order valence-corrected chi connectivity index (χ0v) is 30.5. The fraction of sp³-hybridized carbons (Fsp3) is 0.361. The molecule has 0 radical (unpaired) electrons. The first-order valence-electron chi connectivity index (χ1n) is 17.1. The number of carbonyl (C=O) groups is 2. The number of nitrogens with two attached hydrogens (primary N) is 1. The molecule has 2 saturated heterocycles. The molecule has 3 aromatic heterocycles. The van der Waals surface area contributed by atoms with E-state index in [0.29, 0.717) is 50.1 Å². The van der Waals surface area contributed by atoms with E-state index in [2.05, 4.69) is 25.2 Å². The Kier molecular flexibility index (Phi) is 10.2. The van der Waals surface area contributed by atoms with Gasteiger partial charge in [-0.15, -0.1) is 0 Å². The van der Waals surface area contributed by atoms with Gasteiger partial charge in [0, 0.05) is 80.8 Å². The fourth-order valence-electron chi connectivity index (χ4n) is 7.32. The minimum absolute atomic E-state index is 0.00784. The SMILES string of the molecule is Nc1c(C(F)I)cc(C[C@@H](NC(=O)N2CCC(n3c(=O)[nH]c4c5ccccc5ncc43)CC2)C(=O)N2CCN(c3ccncc3)CC2)cc1C(F)(F)F. The highest BCUT2D eigenvalue weighted by atomic mass is 127. The fourth-order valence-corrected chi connectivity index (χ4v) is 7.83. The molecule has 0 bridgehead atoms. The maximum Gasteiger partial charge on any atom is 0.418 e. The van der Waals surface area contributed by atoms with Crippen LogP contribution in [0.4, 0.5) is 33.7 Å². The summed E-state index contributed by atoms with van der Waals surface area (Å²) in [5, 5.41) is 3.61. The van der Waals surface area contributed by atoms with Crippen LogP contribution in [0.5, 0.6) is 0 Å². The van der Waals surface area contributed by atoms with Crippen molar-refractivity contribution >= 4 is 67.8 Å². The van der Waals surface area contributed by atoms with Gasteiger partial charge in [0.25, 0.3) is 0 Å². The van der Waals surface area contributed by atoms with Gasteiger partial charge in [-0.2, -0.15) is 13.2 Å². The zero-order valence-electron chi connectivity index (χ0n) is 28.3. The molecule has 3 amide bonds. The number of nitrogens with zero attached hydrogens (tertiary/aromatic N) is 6. The molecule has 278 valence electrons. The Morgan fingerprint density at radius 2 is 1.70 bits per heavy atom. The number of urea groups is 1. The maximum absolute atomic E-state index is 14.5. The normalized spacial score (nSPS) is 17.0. The van der Waals surface area contributed by atoms with Gasteiger partial charge in [0.1, 0.15) is 6.04 Å². The zero-order chi connectivity index (χ0) is 37.4. The van der Waals surface area contributed by atoms with E-state index in [0.717, 1.165) is 22.7 Å². The summed E-state index contributed by atoms with van der Waals surface area (Å²) in [6.07, 6.45) is 0.694. The standard InChI is InChI=1S/C36H36F4IN9O3/c37-32(41)25-17-21(18-26(30(25)42)36(38,39)40)19-28(33(51)48-15-13-47(14-16-48)22-5-9-43-10-6-22)45-34(52)49-11-7-23(8-12-49)50-29-20-44-27-4-2-1-3-24(27)31(29)46-35(50)53/h1-6,9-10,17-18,20,23,28,32H,7-8,11-16,19,42H2,(H,45,52)(H,46,53)/t28-,32?/m1/s1. The van der Waals surface area contributed by atoms with Gasteiger partial charge >= 0.3 is 17.9 Å². The number of fused-ring (bicyclic) bond motifs is 3. The molecule has 5 heterocycles. The number of nitrogen functional groups attached to an aromatic ring is 1. The number of rotatable bonds is 7. The van der Waals surface area contributed by atoms with E-state index in [1.54, 1.807) is 28.1 Å². The van der Waals surface area contributed by atoms with Crippen LogP contribution in [0, 0.1) is 0 Å². The molecule has 2 atom stereocenters. The van der Waals surface area contributed by atoms with E-state index in [-0.39, 0.29) is 42.4 Å². The first kappa shape index (κ1) is 36.4. The second-order valence-electron chi connectivity index (χ2n) is 13.2. The maximum atomic E-state index is 14.5. The molecule has 5 aromatic rings. The summed E-state index contributed by atoms with van der Waals surface area (Å²) < 4.78 is 56.4. The Morgan fingerprint density at radius 3 is 2.38 bits per heavy atom. The van der Waals surface area contributed by atoms with Crippen molar-refractivity contribution in [3.63, 3.8) is 0 Å². The van der Waals surface area contributed by atoms with Gasteiger partial charge < -0.3 is 30.7 Å². The number of H-pyrrole nitrogens is 1. The lowest BCUT2D eigenvalue weighted by atomic mass is 9.97. The van der Waals surface area contributed by atoms with Crippen molar-refractivity contribution in [3.8, 4) is 0 Å².